The van der Waals surface area contributed by atoms with Gasteiger partial charge < -0.3 is 5.11 Å². The van der Waals surface area contributed by atoms with Gasteiger partial charge in [-0.1, -0.05) is 0 Å². The van der Waals surface area contributed by atoms with Gasteiger partial charge in [0.1, 0.15) is 5.82 Å². The molecule has 146 valence electrons. The summed E-state index contributed by atoms with van der Waals surface area (Å²) < 4.78 is 40.0. The average Bonchev–Trinajstić information content (AvgIpc) is 2.78. The predicted molar refractivity (Wildman–Crippen MR) is 103 cm³/mol. The third-order valence-corrected chi connectivity index (χ3v) is 5.07. The van der Waals surface area contributed by atoms with Crippen molar-refractivity contribution in [3.05, 3.63) is 53.2 Å². The van der Waals surface area contributed by atoms with E-state index in [1.807, 2.05) is 6.92 Å². The van der Waals surface area contributed by atoms with Gasteiger partial charge in [-0.3, -0.25) is 9.80 Å². The first-order chi connectivity index (χ1) is 13.0. The van der Waals surface area contributed by atoms with Crippen LogP contribution >= 0.6 is 12.2 Å². The molecular formula is C19H17F3N4OS. The molecule has 1 aliphatic heterocycles. The Bertz CT molecular complexity index is 984. The van der Waals surface area contributed by atoms with Crippen molar-refractivity contribution in [1.82, 2.24) is 4.98 Å². The molecule has 0 aliphatic carbocycles. The van der Waals surface area contributed by atoms with Crippen LogP contribution in [0.3, 0.4) is 0 Å². The number of benzene rings is 1. The number of aliphatic hydroxyl groups excluding tert-OH is 1. The summed E-state index contributed by atoms with van der Waals surface area (Å²) in [4.78, 5) is 7.15. The Hall–Kier alpha value is -2.70. The number of rotatable bonds is 2. The van der Waals surface area contributed by atoms with Gasteiger partial charge in [-0.15, -0.1) is 0 Å². The van der Waals surface area contributed by atoms with Crippen molar-refractivity contribution in [2.24, 2.45) is 0 Å². The fourth-order valence-corrected chi connectivity index (χ4v) is 3.73. The molecule has 1 fully saturated rings. The maximum Gasteiger partial charge on any atom is 0.417 e. The highest BCUT2D eigenvalue weighted by Gasteiger charge is 2.51. The highest BCUT2D eigenvalue weighted by molar-refractivity contribution is 7.80. The normalized spacial score (nSPS) is 19.1. The van der Waals surface area contributed by atoms with Crippen molar-refractivity contribution in [1.29, 1.82) is 5.26 Å². The SMILES string of the molecule is Cc1ccnc(N2C(=S)N(c3ccc(C#N)c(C(F)(F)F)c3)C(O)C2(C)C)c1. The van der Waals surface area contributed by atoms with E-state index in [0.29, 0.717) is 5.82 Å². The van der Waals surface area contributed by atoms with E-state index >= 15 is 0 Å². The quantitative estimate of drug-likeness (QED) is 0.761. The van der Waals surface area contributed by atoms with Gasteiger partial charge in [-0.25, -0.2) is 4.98 Å². The number of aliphatic hydroxyl groups is 1. The molecule has 2 heterocycles. The van der Waals surface area contributed by atoms with Crippen LogP contribution in [0.5, 0.6) is 0 Å². The van der Waals surface area contributed by atoms with E-state index in [2.05, 4.69) is 4.98 Å². The van der Waals surface area contributed by atoms with Gasteiger partial charge in [-0.05, 0) is 68.9 Å². The molecule has 1 aliphatic rings. The number of anilines is 2. The second-order valence-corrected chi connectivity index (χ2v) is 7.41. The first kappa shape index (κ1) is 20.0. The van der Waals surface area contributed by atoms with E-state index in [4.69, 9.17) is 17.5 Å². The number of nitriles is 1. The minimum absolute atomic E-state index is 0.0482. The number of halogens is 3. The molecule has 2 aromatic rings. The molecule has 1 unspecified atom stereocenters. The van der Waals surface area contributed by atoms with Crippen molar-refractivity contribution in [3.8, 4) is 6.07 Å². The van der Waals surface area contributed by atoms with Crippen molar-refractivity contribution < 1.29 is 18.3 Å². The van der Waals surface area contributed by atoms with Crippen LogP contribution in [-0.4, -0.2) is 27.0 Å². The maximum absolute atomic E-state index is 13.3. The summed E-state index contributed by atoms with van der Waals surface area (Å²) in [6.45, 7) is 5.33. The van der Waals surface area contributed by atoms with E-state index in [0.717, 1.165) is 17.7 Å². The van der Waals surface area contributed by atoms with Gasteiger partial charge in [0.2, 0.25) is 0 Å². The number of nitrogens with zero attached hydrogens (tertiary/aromatic N) is 4. The summed E-state index contributed by atoms with van der Waals surface area (Å²) in [7, 11) is 0. The molecule has 0 amide bonds. The van der Waals surface area contributed by atoms with Gasteiger partial charge in [-0.2, -0.15) is 18.4 Å². The number of thiocarbonyl (C=S) groups is 1. The lowest BCUT2D eigenvalue weighted by Gasteiger charge is -2.32. The smallest absolute Gasteiger partial charge is 0.371 e. The average molecular weight is 406 g/mol. The van der Waals surface area contributed by atoms with E-state index in [1.54, 1.807) is 43.1 Å². The zero-order chi connectivity index (χ0) is 20.9. The van der Waals surface area contributed by atoms with Gasteiger partial charge in [0.05, 0.1) is 22.7 Å². The monoisotopic (exact) mass is 406 g/mol. The second-order valence-electron chi connectivity index (χ2n) is 7.05. The lowest BCUT2D eigenvalue weighted by atomic mass is 10.0. The lowest BCUT2D eigenvalue weighted by Crippen LogP contribution is -2.47. The molecule has 1 aromatic heterocycles. The Morgan fingerprint density at radius 3 is 2.50 bits per heavy atom. The van der Waals surface area contributed by atoms with Crippen molar-refractivity contribution in [2.75, 3.05) is 9.80 Å². The number of alkyl halides is 3. The Balaban J connectivity index is 2.11. The minimum atomic E-state index is -4.71. The molecule has 0 radical (unpaired) electrons. The van der Waals surface area contributed by atoms with Gasteiger partial charge in [0.25, 0.3) is 0 Å². The molecule has 1 atom stereocenters. The van der Waals surface area contributed by atoms with Crippen LogP contribution in [-0.2, 0) is 6.18 Å². The highest BCUT2D eigenvalue weighted by Crippen LogP contribution is 2.40. The van der Waals surface area contributed by atoms with Crippen LogP contribution in [0.4, 0.5) is 24.7 Å². The molecule has 1 N–H and O–H groups in total. The van der Waals surface area contributed by atoms with Gasteiger partial charge in [0, 0.05) is 11.9 Å². The van der Waals surface area contributed by atoms with Crippen LogP contribution in [0.15, 0.2) is 36.5 Å². The zero-order valence-corrected chi connectivity index (χ0v) is 16.1. The van der Waals surface area contributed by atoms with E-state index in [-0.39, 0.29) is 10.8 Å². The summed E-state index contributed by atoms with van der Waals surface area (Å²) in [5.74, 6) is 0.487. The molecule has 0 spiro atoms. The van der Waals surface area contributed by atoms with Crippen LogP contribution in [0.25, 0.3) is 0 Å². The fraction of sp³-hybridized carbons (Fsp3) is 0.316. The number of aryl methyl sites for hydroxylation is 1. The number of hydrogen-bond acceptors (Lipinski definition) is 4. The molecule has 1 aromatic carbocycles. The molecule has 0 saturated carbocycles. The summed E-state index contributed by atoms with van der Waals surface area (Å²) in [5, 5.41) is 20.0. The standard InChI is InChI=1S/C19H17F3N4OS/c1-11-6-7-24-15(8-11)26-17(28)25(16(27)18(26,2)3)13-5-4-12(10-23)14(9-13)19(20,21)22/h4-9,16,27H,1-3H3. The Morgan fingerprint density at radius 1 is 1.25 bits per heavy atom. The van der Waals surface area contributed by atoms with Crippen molar-refractivity contribution in [2.45, 2.75) is 38.7 Å². The lowest BCUT2D eigenvalue weighted by molar-refractivity contribution is -0.137. The maximum atomic E-state index is 13.3. The molecular weight excluding hydrogens is 389 g/mol. The summed E-state index contributed by atoms with van der Waals surface area (Å²) >= 11 is 5.50. The van der Waals surface area contributed by atoms with Crippen molar-refractivity contribution >= 4 is 28.8 Å². The first-order valence-corrected chi connectivity index (χ1v) is 8.75. The number of hydrogen-bond donors (Lipinski definition) is 1. The highest BCUT2D eigenvalue weighted by atomic mass is 32.1. The summed E-state index contributed by atoms with van der Waals surface area (Å²) in [6, 6.07) is 8.38. The molecule has 0 bridgehead atoms. The molecule has 3 rings (SSSR count). The van der Waals surface area contributed by atoms with Crippen LogP contribution in [0.2, 0.25) is 0 Å². The van der Waals surface area contributed by atoms with Gasteiger partial charge in [0.15, 0.2) is 11.3 Å². The molecule has 5 nitrogen and oxygen atoms in total. The Morgan fingerprint density at radius 2 is 1.93 bits per heavy atom. The Kier molecular flexibility index (Phi) is 4.81. The third-order valence-electron chi connectivity index (χ3n) is 4.69. The predicted octanol–water partition coefficient (Wildman–Crippen LogP) is 3.99. The van der Waals surface area contributed by atoms with E-state index < -0.39 is 29.1 Å². The van der Waals surface area contributed by atoms with Gasteiger partial charge >= 0.3 is 6.18 Å². The Labute approximate surface area is 165 Å². The second kappa shape index (κ2) is 6.72. The zero-order valence-electron chi connectivity index (χ0n) is 15.3. The largest absolute Gasteiger partial charge is 0.417 e. The van der Waals surface area contributed by atoms with Crippen LogP contribution in [0.1, 0.15) is 30.5 Å². The number of pyridine rings is 1. The topological polar surface area (TPSA) is 63.4 Å². The summed E-state index contributed by atoms with van der Waals surface area (Å²) in [6.07, 6.45) is -4.33. The summed E-state index contributed by atoms with van der Waals surface area (Å²) in [5.41, 5.74) is -1.55. The molecule has 9 heteroatoms. The first-order valence-electron chi connectivity index (χ1n) is 8.34. The molecule has 1 saturated heterocycles. The van der Waals surface area contributed by atoms with E-state index in [1.165, 1.54) is 11.0 Å². The third kappa shape index (κ3) is 3.19. The van der Waals surface area contributed by atoms with Crippen LogP contribution in [0, 0.1) is 18.3 Å². The van der Waals surface area contributed by atoms with E-state index in [9.17, 15) is 18.3 Å². The van der Waals surface area contributed by atoms with Crippen LogP contribution < -0.4 is 9.80 Å². The fourth-order valence-electron chi connectivity index (χ4n) is 3.19. The minimum Gasteiger partial charge on any atom is -0.371 e. The number of aromatic nitrogens is 1. The van der Waals surface area contributed by atoms with Crippen molar-refractivity contribution in [3.63, 3.8) is 0 Å². The molecule has 28 heavy (non-hydrogen) atoms.